The molecule has 9 nitrogen and oxygen atoms in total. The van der Waals surface area contributed by atoms with Crippen molar-refractivity contribution in [2.45, 2.75) is 13.8 Å². The van der Waals surface area contributed by atoms with Crippen LogP contribution in [0.2, 0.25) is 0 Å². The number of rotatable bonds is 9. The highest BCUT2D eigenvalue weighted by Crippen LogP contribution is 2.52. The predicted octanol–water partition coefficient (Wildman–Crippen LogP) is 0.0259. The van der Waals surface area contributed by atoms with E-state index in [2.05, 4.69) is 24.1 Å². The highest BCUT2D eigenvalue weighted by molar-refractivity contribution is 7.92. The fourth-order valence-corrected chi connectivity index (χ4v) is 5.95. The summed E-state index contributed by atoms with van der Waals surface area (Å²) in [6.07, 6.45) is 0. The fraction of sp³-hybridized carbons (Fsp3) is 0.650. The van der Waals surface area contributed by atoms with Crippen LogP contribution < -0.4 is 16.0 Å². The molecule has 0 aromatic heterocycles. The molecule has 2 fully saturated rings. The molecule has 1 aromatic rings. The van der Waals surface area contributed by atoms with Crippen LogP contribution in [0.1, 0.15) is 13.8 Å². The van der Waals surface area contributed by atoms with Crippen LogP contribution in [-0.2, 0) is 25.7 Å². The van der Waals surface area contributed by atoms with Crippen molar-refractivity contribution in [1.29, 1.82) is 0 Å². The molecule has 1 amide bonds. The Kier molecular flexibility index (Phi) is 6.99. The van der Waals surface area contributed by atoms with E-state index in [1.54, 1.807) is 4.90 Å². The first-order valence-electron chi connectivity index (χ1n) is 10.3. The maximum Gasteiger partial charge on any atom is 0.237 e. The van der Waals surface area contributed by atoms with Gasteiger partial charge in [0.25, 0.3) is 0 Å². The Labute approximate surface area is 186 Å². The van der Waals surface area contributed by atoms with E-state index in [1.165, 1.54) is 0 Å². The van der Waals surface area contributed by atoms with Crippen LogP contribution in [-0.4, -0.2) is 84.5 Å². The summed E-state index contributed by atoms with van der Waals surface area (Å²) in [7, 11) is -3.47. The van der Waals surface area contributed by atoms with Gasteiger partial charge in [-0.1, -0.05) is 24.9 Å². The molecule has 3 N–H and O–H groups in total. The van der Waals surface area contributed by atoms with Crippen molar-refractivity contribution >= 4 is 38.2 Å². The van der Waals surface area contributed by atoms with E-state index in [9.17, 15) is 22.0 Å². The van der Waals surface area contributed by atoms with Gasteiger partial charge >= 0.3 is 0 Å². The molecule has 0 bridgehead atoms. The molecule has 3 atom stereocenters. The quantitative estimate of drug-likeness (QED) is 0.481. The molecule has 2 saturated heterocycles. The lowest BCUT2D eigenvalue weighted by atomic mass is 9.71. The van der Waals surface area contributed by atoms with Crippen LogP contribution in [0.3, 0.4) is 0 Å². The number of nitrogens with two attached hydrogens (primary N) is 1. The van der Waals surface area contributed by atoms with E-state index < -0.39 is 26.7 Å². The molecule has 0 saturated carbocycles. The average Bonchev–Trinajstić information content (AvgIpc) is 3.06. The number of amides is 1. The van der Waals surface area contributed by atoms with Gasteiger partial charge < -0.3 is 25.4 Å². The third kappa shape index (κ3) is 5.39. The zero-order valence-electron chi connectivity index (χ0n) is 18.0. The number of hydrogen-bond donors (Lipinski definition) is 2. The van der Waals surface area contributed by atoms with Crippen LogP contribution in [0, 0.1) is 10.8 Å². The van der Waals surface area contributed by atoms with E-state index >= 15 is 0 Å². The lowest BCUT2D eigenvalue weighted by Gasteiger charge is -2.29. The molecule has 174 valence electrons. The molecular weight excluding hydrogens is 440 g/mol. The minimum atomic E-state index is -3.47. The van der Waals surface area contributed by atoms with Crippen molar-refractivity contribution in [3.8, 4) is 0 Å². The van der Waals surface area contributed by atoms with E-state index in [1.807, 2.05) is 24.3 Å². The molecule has 2 heterocycles. The summed E-state index contributed by atoms with van der Waals surface area (Å²) in [6, 6.07) is 7.87. The SMILES string of the molecule is C[C@@]12CN(C(=O)CS(=O)(=O)CCN)C[C@]1(C)CN(c1ccc(NCCS(=O)[O-])cc1)C2. The topological polar surface area (TPSA) is 136 Å². The summed E-state index contributed by atoms with van der Waals surface area (Å²) in [6.45, 7) is 7.30. The van der Waals surface area contributed by atoms with Crippen LogP contribution in [0.25, 0.3) is 0 Å². The maximum atomic E-state index is 12.6. The molecule has 1 unspecified atom stereocenters. The zero-order valence-corrected chi connectivity index (χ0v) is 19.6. The van der Waals surface area contributed by atoms with Gasteiger partial charge in [0.1, 0.15) is 5.75 Å². The normalized spacial score (nSPS) is 26.7. The lowest BCUT2D eigenvalue weighted by Crippen LogP contribution is -2.39. The second-order valence-electron chi connectivity index (χ2n) is 9.09. The summed E-state index contributed by atoms with van der Waals surface area (Å²) in [5, 5.41) is 3.08. The van der Waals surface area contributed by atoms with Gasteiger partial charge in [0.15, 0.2) is 9.84 Å². The Morgan fingerprint density at radius 3 is 2.26 bits per heavy atom. The first kappa shape index (κ1) is 24.0. The Morgan fingerprint density at radius 1 is 1.16 bits per heavy atom. The van der Waals surface area contributed by atoms with Gasteiger partial charge in [-0.3, -0.25) is 9.00 Å². The lowest BCUT2D eigenvalue weighted by molar-refractivity contribution is -0.128. The number of fused-ring (bicyclic) bond motifs is 1. The van der Waals surface area contributed by atoms with Gasteiger partial charge in [-0.25, -0.2) is 8.42 Å². The number of sulfone groups is 1. The summed E-state index contributed by atoms with van der Waals surface area (Å²) in [4.78, 5) is 16.6. The molecule has 3 rings (SSSR count). The molecule has 2 aliphatic heterocycles. The Bertz CT molecular complexity index is 919. The van der Waals surface area contributed by atoms with Crippen molar-refractivity contribution in [3.05, 3.63) is 24.3 Å². The molecule has 0 radical (unpaired) electrons. The summed E-state index contributed by atoms with van der Waals surface area (Å²) >= 11 is -2.06. The molecule has 0 aliphatic carbocycles. The maximum absolute atomic E-state index is 12.6. The Balaban J connectivity index is 1.62. The van der Waals surface area contributed by atoms with E-state index in [0.29, 0.717) is 19.6 Å². The molecule has 31 heavy (non-hydrogen) atoms. The molecular formula is C20H31N4O5S2-. The molecule has 1 aromatic carbocycles. The van der Waals surface area contributed by atoms with Crippen molar-refractivity contribution in [3.63, 3.8) is 0 Å². The second-order valence-corrected chi connectivity index (χ2v) is 12.3. The Hall–Kier alpha value is -1.69. The minimum absolute atomic E-state index is 0.0203. The van der Waals surface area contributed by atoms with Gasteiger partial charge in [0.2, 0.25) is 5.91 Å². The first-order valence-corrected chi connectivity index (χ1v) is 13.4. The second kappa shape index (κ2) is 9.05. The van der Waals surface area contributed by atoms with Gasteiger partial charge in [-0.2, -0.15) is 0 Å². The standard InChI is InChI=1S/C20H32N4O5S2/c1-19-12-23(17-5-3-16(4-6-17)22-8-9-30(26)27)13-20(19,2)15-24(14-19)18(25)11-31(28,29)10-7-21/h3-6,22H,7-15,21H2,1-2H3,(H,26,27)/p-1/t19-,20+. The zero-order chi connectivity index (χ0) is 22.9. The van der Waals surface area contributed by atoms with Gasteiger partial charge in [-0.15, -0.1) is 0 Å². The van der Waals surface area contributed by atoms with Crippen molar-refractivity contribution in [1.82, 2.24) is 4.90 Å². The van der Waals surface area contributed by atoms with Gasteiger partial charge in [-0.05, 0) is 24.3 Å². The molecule has 0 spiro atoms. The minimum Gasteiger partial charge on any atom is -0.772 e. The predicted molar refractivity (Wildman–Crippen MR) is 121 cm³/mol. The third-order valence-corrected chi connectivity index (χ3v) is 8.65. The summed E-state index contributed by atoms with van der Waals surface area (Å²) < 4.78 is 45.3. The number of likely N-dealkylation sites (tertiary alicyclic amines) is 1. The van der Waals surface area contributed by atoms with E-state index in [0.717, 1.165) is 24.5 Å². The summed E-state index contributed by atoms with van der Waals surface area (Å²) in [5.41, 5.74) is 6.98. The number of carbonyl (C=O) groups excluding carboxylic acids is 1. The molecule has 2 aliphatic rings. The highest BCUT2D eigenvalue weighted by Gasteiger charge is 2.58. The number of benzene rings is 1. The van der Waals surface area contributed by atoms with Gasteiger partial charge in [0, 0.05) is 67.2 Å². The monoisotopic (exact) mass is 471 g/mol. The summed E-state index contributed by atoms with van der Waals surface area (Å²) in [5.74, 6) is -0.928. The molecule has 11 heteroatoms. The third-order valence-electron chi connectivity index (χ3n) is 6.57. The van der Waals surface area contributed by atoms with E-state index in [-0.39, 0.29) is 34.8 Å². The van der Waals surface area contributed by atoms with E-state index in [4.69, 9.17) is 5.73 Å². The van der Waals surface area contributed by atoms with Crippen LogP contribution >= 0.6 is 0 Å². The number of anilines is 2. The largest absolute Gasteiger partial charge is 0.772 e. The van der Waals surface area contributed by atoms with Crippen LogP contribution in [0.15, 0.2) is 24.3 Å². The van der Waals surface area contributed by atoms with Gasteiger partial charge in [0.05, 0.1) is 5.75 Å². The van der Waals surface area contributed by atoms with Crippen LogP contribution in [0.5, 0.6) is 0 Å². The van der Waals surface area contributed by atoms with Crippen molar-refractivity contribution in [2.75, 3.05) is 66.7 Å². The first-order chi connectivity index (χ1) is 14.5. The fourth-order valence-electron chi connectivity index (χ4n) is 4.62. The highest BCUT2D eigenvalue weighted by atomic mass is 32.2. The smallest absolute Gasteiger partial charge is 0.237 e. The number of carbonyl (C=O) groups is 1. The van der Waals surface area contributed by atoms with Crippen molar-refractivity contribution in [2.24, 2.45) is 16.6 Å². The van der Waals surface area contributed by atoms with Crippen molar-refractivity contribution < 1.29 is 22.0 Å². The average molecular weight is 472 g/mol. The number of hydrogen-bond acceptors (Lipinski definition) is 8. The Morgan fingerprint density at radius 2 is 1.74 bits per heavy atom. The number of nitrogens with zero attached hydrogens (tertiary/aromatic N) is 2. The van der Waals surface area contributed by atoms with Crippen LogP contribution in [0.4, 0.5) is 11.4 Å². The number of nitrogens with one attached hydrogen (secondary N) is 1.